The van der Waals surface area contributed by atoms with Crippen LogP contribution in [0.25, 0.3) is 33.6 Å². The van der Waals surface area contributed by atoms with E-state index in [0.29, 0.717) is 0 Å². The van der Waals surface area contributed by atoms with Gasteiger partial charge in [0.1, 0.15) is 5.82 Å². The lowest BCUT2D eigenvalue weighted by molar-refractivity contribution is -0.137. The summed E-state index contributed by atoms with van der Waals surface area (Å²) in [4.78, 5) is 36.6. The molecule has 2 aromatic carbocycles. The quantitative estimate of drug-likeness (QED) is 0.143. The molecule has 2 aromatic heterocycles. The summed E-state index contributed by atoms with van der Waals surface area (Å²) in [6.45, 7) is 15.3. The Hall–Kier alpha value is -3.91. The molecule has 5 rings (SSSR count). The van der Waals surface area contributed by atoms with E-state index < -0.39 is 0 Å². The van der Waals surface area contributed by atoms with Crippen molar-refractivity contribution in [2.45, 2.75) is 85.2 Å². The van der Waals surface area contributed by atoms with E-state index in [4.69, 9.17) is 4.98 Å². The summed E-state index contributed by atoms with van der Waals surface area (Å²) in [6.07, 6.45) is 10.1. The van der Waals surface area contributed by atoms with Crippen molar-refractivity contribution in [1.82, 2.24) is 29.7 Å². The highest BCUT2D eigenvalue weighted by Gasteiger charge is 2.36. The van der Waals surface area contributed by atoms with Gasteiger partial charge in [-0.15, -0.1) is 0 Å². The number of aromatic nitrogens is 4. The lowest BCUT2D eigenvalue weighted by atomic mass is 10.0. The number of carbonyl (C=O) groups excluding carboxylic acids is 1. The first-order valence-corrected chi connectivity index (χ1v) is 17.1. The summed E-state index contributed by atoms with van der Waals surface area (Å²) in [7, 11) is 0. The number of imidazole rings is 2. The summed E-state index contributed by atoms with van der Waals surface area (Å²) in [6, 6.07) is 17.3. The maximum absolute atomic E-state index is 13.4. The van der Waals surface area contributed by atoms with E-state index in [1.807, 2.05) is 17.3 Å². The number of H-pyrrole nitrogens is 2. The minimum Gasteiger partial charge on any atom is -0.342 e. The Morgan fingerprint density at radius 2 is 1.29 bits per heavy atom. The number of nitrogens with one attached hydrogen (secondary N) is 2. The lowest BCUT2D eigenvalue weighted by Crippen LogP contribution is -2.47. The van der Waals surface area contributed by atoms with E-state index in [1.54, 1.807) is 0 Å². The zero-order valence-corrected chi connectivity index (χ0v) is 27.9. The largest absolute Gasteiger partial charge is 0.342 e. The van der Waals surface area contributed by atoms with Crippen molar-refractivity contribution in [3.8, 4) is 33.6 Å². The van der Waals surface area contributed by atoms with Crippen LogP contribution in [-0.2, 0) is 4.79 Å². The van der Waals surface area contributed by atoms with Gasteiger partial charge in [-0.1, -0.05) is 76.2 Å². The number of hydrogen-bond donors (Lipinski definition) is 2. The van der Waals surface area contributed by atoms with Gasteiger partial charge in [0.25, 0.3) is 0 Å². The van der Waals surface area contributed by atoms with Gasteiger partial charge >= 0.3 is 0 Å². The van der Waals surface area contributed by atoms with E-state index in [1.165, 1.54) is 11.1 Å². The molecule has 1 aliphatic rings. The highest BCUT2D eigenvalue weighted by atomic mass is 16.2. The highest BCUT2D eigenvalue weighted by Crippen LogP contribution is 2.34. The molecule has 2 N–H and O–H groups in total. The second-order valence-electron chi connectivity index (χ2n) is 12.3. The zero-order chi connectivity index (χ0) is 31.8. The van der Waals surface area contributed by atoms with Crippen molar-refractivity contribution in [2.75, 3.05) is 37.6 Å². The van der Waals surface area contributed by atoms with E-state index in [-0.39, 0.29) is 18.0 Å². The van der Waals surface area contributed by atoms with E-state index in [9.17, 15) is 4.79 Å². The number of aromatic amines is 2. The third kappa shape index (κ3) is 7.50. The van der Waals surface area contributed by atoms with Gasteiger partial charge in [0, 0.05) is 26.2 Å². The highest BCUT2D eigenvalue weighted by molar-refractivity contribution is 5.81. The fourth-order valence-electron chi connectivity index (χ4n) is 6.64. The van der Waals surface area contributed by atoms with Crippen molar-refractivity contribution in [3.05, 3.63) is 66.7 Å². The molecule has 1 unspecified atom stereocenters. The number of likely N-dealkylation sites (tertiary alicyclic amines) is 1. The molecule has 1 saturated heterocycles. The summed E-state index contributed by atoms with van der Waals surface area (Å²) in [5.74, 6) is 2.14. The molecular formula is C37H51N7O. The van der Waals surface area contributed by atoms with Crippen molar-refractivity contribution >= 4 is 11.9 Å². The molecule has 240 valence electrons. The molecule has 0 radical (unpaired) electrons. The van der Waals surface area contributed by atoms with Gasteiger partial charge in [0.05, 0.1) is 35.9 Å². The topological polar surface area (TPSA) is 84.2 Å². The van der Waals surface area contributed by atoms with Crippen LogP contribution in [0.5, 0.6) is 0 Å². The molecule has 1 aliphatic heterocycles. The van der Waals surface area contributed by atoms with Crippen LogP contribution in [0.4, 0.5) is 5.95 Å². The van der Waals surface area contributed by atoms with E-state index >= 15 is 0 Å². The number of anilines is 1. The Labute approximate surface area is 269 Å². The summed E-state index contributed by atoms with van der Waals surface area (Å²) >= 11 is 0. The molecule has 2 atom stereocenters. The smallest absolute Gasteiger partial charge is 0.239 e. The number of carbonyl (C=O) groups is 1. The number of nitrogens with zero attached hydrogens (tertiary/aromatic N) is 5. The van der Waals surface area contributed by atoms with Crippen LogP contribution in [0.3, 0.4) is 0 Å². The minimum absolute atomic E-state index is 0.132. The van der Waals surface area contributed by atoms with Crippen molar-refractivity contribution in [1.29, 1.82) is 0 Å². The summed E-state index contributed by atoms with van der Waals surface area (Å²) in [5.41, 5.74) is 6.63. The molecular weight excluding hydrogens is 558 g/mol. The number of hydrogen-bond acceptors (Lipinski definition) is 5. The first-order chi connectivity index (χ1) is 22.0. The number of rotatable bonds is 15. The van der Waals surface area contributed by atoms with Crippen LogP contribution in [0.1, 0.15) is 85.0 Å². The average Bonchev–Trinajstić information content (AvgIpc) is 3.85. The van der Waals surface area contributed by atoms with Crippen LogP contribution in [0, 0.1) is 0 Å². The van der Waals surface area contributed by atoms with Gasteiger partial charge in [-0.25, -0.2) is 9.97 Å². The van der Waals surface area contributed by atoms with Crippen molar-refractivity contribution < 1.29 is 4.79 Å². The van der Waals surface area contributed by atoms with Gasteiger partial charge in [0.2, 0.25) is 11.9 Å². The van der Waals surface area contributed by atoms with Gasteiger partial charge in [0.15, 0.2) is 0 Å². The predicted octanol–water partition coefficient (Wildman–Crippen LogP) is 7.93. The van der Waals surface area contributed by atoms with Crippen LogP contribution >= 0.6 is 0 Å². The van der Waals surface area contributed by atoms with Crippen LogP contribution < -0.4 is 4.90 Å². The third-order valence-corrected chi connectivity index (χ3v) is 8.93. The van der Waals surface area contributed by atoms with E-state index in [0.717, 1.165) is 106 Å². The van der Waals surface area contributed by atoms with Crippen LogP contribution in [-0.4, -0.2) is 74.4 Å². The first-order valence-electron chi connectivity index (χ1n) is 17.1. The second kappa shape index (κ2) is 15.4. The lowest BCUT2D eigenvalue weighted by Gasteiger charge is -2.33. The number of benzene rings is 2. The molecule has 0 bridgehead atoms. The van der Waals surface area contributed by atoms with Gasteiger partial charge in [-0.05, 0) is 74.2 Å². The summed E-state index contributed by atoms with van der Waals surface area (Å²) < 4.78 is 0. The molecule has 4 aromatic rings. The van der Waals surface area contributed by atoms with Crippen molar-refractivity contribution in [3.63, 3.8) is 0 Å². The molecule has 1 fully saturated rings. The minimum atomic E-state index is -0.151. The third-order valence-electron chi connectivity index (χ3n) is 8.93. The first kappa shape index (κ1) is 32.5. The Balaban J connectivity index is 1.25. The van der Waals surface area contributed by atoms with Crippen LogP contribution in [0.15, 0.2) is 60.9 Å². The number of amides is 1. The van der Waals surface area contributed by atoms with Crippen LogP contribution in [0.2, 0.25) is 0 Å². The monoisotopic (exact) mass is 609 g/mol. The predicted molar refractivity (Wildman–Crippen MR) is 185 cm³/mol. The molecule has 0 aliphatic carbocycles. The van der Waals surface area contributed by atoms with Crippen molar-refractivity contribution in [2.24, 2.45) is 0 Å². The molecule has 0 saturated carbocycles. The second-order valence-corrected chi connectivity index (χ2v) is 12.3. The van der Waals surface area contributed by atoms with Gasteiger partial charge in [-0.2, -0.15) is 0 Å². The molecule has 45 heavy (non-hydrogen) atoms. The maximum atomic E-state index is 13.4. The fourth-order valence-corrected chi connectivity index (χ4v) is 6.64. The Bertz CT molecular complexity index is 1480. The van der Waals surface area contributed by atoms with E-state index in [2.05, 4.69) is 108 Å². The maximum Gasteiger partial charge on any atom is 0.239 e. The Kier molecular flexibility index (Phi) is 11.1. The standard InChI is InChI=1S/C37H51N7O/c1-6-20-42(21-7-2)36(45)27(5)44-24-10-11-34(44)35-38-25-32(40-35)30-16-12-28(13-17-30)29-14-18-31(19-15-29)33-26-39-37(41-33)43(22-8-3)23-9-4/h12-19,25-27,34H,6-11,20-24H2,1-5H3,(H,38,40)(H,39,41)/t27-,34?/m0/s1. The molecule has 1 amide bonds. The summed E-state index contributed by atoms with van der Waals surface area (Å²) in [5, 5.41) is 0. The fraction of sp³-hybridized carbons (Fsp3) is 0.486. The zero-order valence-electron chi connectivity index (χ0n) is 27.9. The van der Waals surface area contributed by atoms with Gasteiger partial charge < -0.3 is 19.8 Å². The molecule has 3 heterocycles. The Morgan fingerprint density at radius 1 is 0.778 bits per heavy atom. The average molecular weight is 610 g/mol. The molecule has 8 heteroatoms. The SMILES string of the molecule is CCCN(CCC)C(=O)[C@H](C)N1CCCC1c1ncc(-c2ccc(-c3ccc(-c4cnc(N(CCC)CCC)[nH]4)cc3)cc2)[nH]1. The van der Waals surface area contributed by atoms with Gasteiger partial charge in [-0.3, -0.25) is 9.69 Å². The molecule has 0 spiro atoms. The molecule has 8 nitrogen and oxygen atoms in total. The normalized spacial score (nSPS) is 15.8. The Morgan fingerprint density at radius 3 is 1.84 bits per heavy atom.